The second kappa shape index (κ2) is 5.71. The van der Waals surface area contributed by atoms with Crippen LogP contribution in [-0.2, 0) is 10.0 Å². The lowest BCUT2D eigenvalue weighted by Crippen LogP contribution is -2.13. The molecule has 4 nitrogen and oxygen atoms in total. The van der Waals surface area contributed by atoms with E-state index in [1.165, 1.54) is 42.5 Å². The van der Waals surface area contributed by atoms with Crippen LogP contribution in [0.5, 0.6) is 0 Å². The maximum absolute atomic E-state index is 12.2. The van der Waals surface area contributed by atoms with Gasteiger partial charge < -0.3 is 0 Å². The minimum absolute atomic E-state index is 0.0470. The van der Waals surface area contributed by atoms with Gasteiger partial charge in [-0.1, -0.05) is 23.2 Å². The van der Waals surface area contributed by atoms with Crippen LogP contribution in [0.25, 0.3) is 0 Å². The van der Waals surface area contributed by atoms with Crippen LogP contribution in [0.1, 0.15) is 5.56 Å². The van der Waals surface area contributed by atoms with Crippen LogP contribution in [0, 0.1) is 11.3 Å². The van der Waals surface area contributed by atoms with Crippen molar-refractivity contribution < 1.29 is 8.42 Å². The van der Waals surface area contributed by atoms with Gasteiger partial charge in [-0.25, -0.2) is 8.42 Å². The van der Waals surface area contributed by atoms with E-state index in [1.54, 1.807) is 0 Å². The molecule has 102 valence electrons. The maximum atomic E-state index is 12.2. The quantitative estimate of drug-likeness (QED) is 0.935. The molecule has 2 aromatic rings. The molecule has 0 fully saturated rings. The van der Waals surface area contributed by atoms with Gasteiger partial charge in [0.2, 0.25) is 0 Å². The lowest BCUT2D eigenvalue weighted by atomic mass is 10.2. The predicted octanol–water partition coefficient (Wildman–Crippen LogP) is 3.67. The fourth-order valence-corrected chi connectivity index (χ4v) is 2.88. The number of halogens is 2. The van der Waals surface area contributed by atoms with E-state index in [9.17, 15) is 8.42 Å². The number of nitriles is 1. The number of hydrogen-bond donors (Lipinski definition) is 1. The van der Waals surface area contributed by atoms with Crippen molar-refractivity contribution >= 4 is 38.9 Å². The van der Waals surface area contributed by atoms with Crippen molar-refractivity contribution in [3.05, 3.63) is 58.1 Å². The monoisotopic (exact) mass is 326 g/mol. The Morgan fingerprint density at radius 3 is 2.20 bits per heavy atom. The van der Waals surface area contributed by atoms with Crippen LogP contribution in [0.2, 0.25) is 10.0 Å². The molecule has 2 aromatic carbocycles. The van der Waals surface area contributed by atoms with Gasteiger partial charge in [0.15, 0.2) is 0 Å². The Hall–Kier alpha value is -1.74. The zero-order valence-corrected chi connectivity index (χ0v) is 12.3. The molecule has 20 heavy (non-hydrogen) atoms. The van der Waals surface area contributed by atoms with Crippen molar-refractivity contribution in [3.8, 4) is 6.07 Å². The average molecular weight is 327 g/mol. The standard InChI is InChI=1S/C13H8Cl2N2O2S/c14-10-3-5-12(6-4-10)20(18,19)17-13-7-11(15)2-1-9(13)8-16/h1-7,17H. The zero-order valence-electron chi connectivity index (χ0n) is 9.97. The zero-order chi connectivity index (χ0) is 14.8. The molecule has 0 aliphatic rings. The highest BCUT2D eigenvalue weighted by Crippen LogP contribution is 2.24. The molecule has 0 amide bonds. The smallest absolute Gasteiger partial charge is 0.261 e. The van der Waals surface area contributed by atoms with Gasteiger partial charge in [-0.2, -0.15) is 5.26 Å². The van der Waals surface area contributed by atoms with E-state index in [-0.39, 0.29) is 16.1 Å². The van der Waals surface area contributed by atoms with Crippen LogP contribution < -0.4 is 4.72 Å². The lowest BCUT2D eigenvalue weighted by molar-refractivity contribution is 0.601. The highest BCUT2D eigenvalue weighted by atomic mass is 35.5. The third-order valence-electron chi connectivity index (χ3n) is 2.47. The lowest BCUT2D eigenvalue weighted by Gasteiger charge is -2.09. The van der Waals surface area contributed by atoms with Crippen molar-refractivity contribution in [2.45, 2.75) is 4.90 Å². The number of nitrogens with zero attached hydrogens (tertiary/aromatic N) is 1. The van der Waals surface area contributed by atoms with Gasteiger partial charge in [-0.05, 0) is 42.5 Å². The topological polar surface area (TPSA) is 70.0 Å². The first-order valence-electron chi connectivity index (χ1n) is 5.40. The largest absolute Gasteiger partial charge is 0.278 e. The molecule has 7 heteroatoms. The summed E-state index contributed by atoms with van der Waals surface area (Å²) >= 11 is 11.5. The normalized spacial score (nSPS) is 10.8. The molecule has 2 rings (SSSR count). The van der Waals surface area contributed by atoms with Crippen molar-refractivity contribution in [3.63, 3.8) is 0 Å². The molecule has 0 radical (unpaired) electrons. The predicted molar refractivity (Wildman–Crippen MR) is 78.4 cm³/mol. The van der Waals surface area contributed by atoms with Crippen molar-refractivity contribution in [2.75, 3.05) is 4.72 Å². The number of anilines is 1. The van der Waals surface area contributed by atoms with E-state index >= 15 is 0 Å². The Morgan fingerprint density at radius 1 is 1.00 bits per heavy atom. The number of benzene rings is 2. The number of nitrogens with one attached hydrogen (secondary N) is 1. The molecule has 1 N–H and O–H groups in total. The summed E-state index contributed by atoms with van der Waals surface area (Å²) in [6, 6.07) is 11.9. The summed E-state index contributed by atoms with van der Waals surface area (Å²) in [7, 11) is -3.80. The number of sulfonamides is 1. The Balaban J connectivity index is 2.41. The third kappa shape index (κ3) is 3.23. The first-order chi connectivity index (χ1) is 9.42. The first kappa shape index (κ1) is 14.7. The second-order valence-corrected chi connectivity index (χ2v) is 6.42. The van der Waals surface area contributed by atoms with Gasteiger partial charge in [0.1, 0.15) is 6.07 Å². The SMILES string of the molecule is N#Cc1ccc(Cl)cc1NS(=O)(=O)c1ccc(Cl)cc1. The van der Waals surface area contributed by atoms with Crippen LogP contribution in [0.3, 0.4) is 0 Å². The summed E-state index contributed by atoms with van der Waals surface area (Å²) in [6.07, 6.45) is 0. The van der Waals surface area contributed by atoms with Gasteiger partial charge in [0.05, 0.1) is 16.1 Å². The summed E-state index contributed by atoms with van der Waals surface area (Å²) in [5.74, 6) is 0. The second-order valence-electron chi connectivity index (χ2n) is 3.86. The molecule has 0 unspecified atom stereocenters. The van der Waals surface area contributed by atoms with E-state index in [0.29, 0.717) is 10.0 Å². The minimum atomic E-state index is -3.80. The fourth-order valence-electron chi connectivity index (χ4n) is 1.52. The highest BCUT2D eigenvalue weighted by molar-refractivity contribution is 7.92. The summed E-state index contributed by atoms with van der Waals surface area (Å²) in [6.45, 7) is 0. The average Bonchev–Trinajstić information content (AvgIpc) is 2.39. The Kier molecular flexibility index (Phi) is 4.19. The van der Waals surface area contributed by atoms with E-state index in [1.807, 2.05) is 6.07 Å². The third-order valence-corrected chi connectivity index (χ3v) is 4.34. The molecule has 0 bridgehead atoms. The first-order valence-corrected chi connectivity index (χ1v) is 7.64. The van der Waals surface area contributed by atoms with Crippen LogP contribution in [-0.4, -0.2) is 8.42 Å². The summed E-state index contributed by atoms with van der Waals surface area (Å²) in [5.41, 5.74) is 0.321. The van der Waals surface area contributed by atoms with Gasteiger partial charge >= 0.3 is 0 Å². The van der Waals surface area contributed by atoms with Crippen molar-refractivity contribution in [2.24, 2.45) is 0 Å². The molecule has 0 atom stereocenters. The van der Waals surface area contributed by atoms with Gasteiger partial charge in [0.25, 0.3) is 10.0 Å². The highest BCUT2D eigenvalue weighted by Gasteiger charge is 2.16. The van der Waals surface area contributed by atoms with Gasteiger partial charge in [0, 0.05) is 10.0 Å². The van der Waals surface area contributed by atoms with Crippen LogP contribution in [0.4, 0.5) is 5.69 Å². The molecule has 0 saturated heterocycles. The summed E-state index contributed by atoms with van der Waals surface area (Å²) < 4.78 is 26.7. The fraction of sp³-hybridized carbons (Fsp3) is 0. The van der Waals surface area contributed by atoms with Crippen molar-refractivity contribution in [1.82, 2.24) is 0 Å². The Morgan fingerprint density at radius 2 is 1.60 bits per heavy atom. The van der Waals surface area contributed by atoms with E-state index in [4.69, 9.17) is 28.5 Å². The maximum Gasteiger partial charge on any atom is 0.261 e. The Bertz CT molecular complexity index is 781. The van der Waals surface area contributed by atoms with Crippen molar-refractivity contribution in [1.29, 1.82) is 5.26 Å². The molecule has 0 aromatic heterocycles. The van der Waals surface area contributed by atoms with Crippen LogP contribution in [0.15, 0.2) is 47.4 Å². The molecule has 0 saturated carbocycles. The summed E-state index contributed by atoms with van der Waals surface area (Å²) in [5, 5.41) is 9.73. The molecule has 0 spiro atoms. The number of rotatable bonds is 3. The molecular weight excluding hydrogens is 319 g/mol. The minimum Gasteiger partial charge on any atom is -0.278 e. The molecule has 0 heterocycles. The van der Waals surface area contributed by atoms with Gasteiger partial charge in [-0.3, -0.25) is 4.72 Å². The van der Waals surface area contributed by atoms with E-state index in [2.05, 4.69) is 4.72 Å². The summed E-state index contributed by atoms with van der Waals surface area (Å²) in [4.78, 5) is 0.0470. The van der Waals surface area contributed by atoms with Gasteiger partial charge in [-0.15, -0.1) is 0 Å². The number of hydrogen-bond acceptors (Lipinski definition) is 3. The van der Waals surface area contributed by atoms with E-state index < -0.39 is 10.0 Å². The Labute approximate surface area is 126 Å². The molecule has 0 aliphatic heterocycles. The molecular formula is C13H8Cl2N2O2S. The van der Waals surface area contributed by atoms with E-state index in [0.717, 1.165) is 0 Å². The van der Waals surface area contributed by atoms with Crippen LogP contribution >= 0.6 is 23.2 Å². The molecule has 0 aliphatic carbocycles.